The number of halogens is 1. The Labute approximate surface area is 80.8 Å². The molecule has 56 valence electrons. The summed E-state index contributed by atoms with van der Waals surface area (Å²) in [5, 5.41) is 0. The lowest BCUT2D eigenvalue weighted by atomic mass is 10.7. The molecule has 0 bridgehead atoms. The van der Waals surface area contributed by atoms with Crippen LogP contribution in [0.15, 0.2) is 10.8 Å². The van der Waals surface area contributed by atoms with Crippen LogP contribution in [-0.2, 0) is 6.50 Å². The van der Waals surface area contributed by atoms with Gasteiger partial charge in [-0.05, 0) is 22.8 Å². The van der Waals surface area contributed by atoms with Crippen molar-refractivity contribution in [2.24, 2.45) is 0 Å². The first-order valence-corrected chi connectivity index (χ1v) is 3.01. The van der Waals surface area contributed by atoms with E-state index < -0.39 is 32.6 Å². The summed E-state index contributed by atoms with van der Waals surface area (Å²) in [6.07, 6.45) is -0.639. The summed E-state index contributed by atoms with van der Waals surface area (Å²) in [4.78, 5) is 3.50. The van der Waals surface area contributed by atoms with Crippen LogP contribution < -0.4 is 4.74 Å². The van der Waals surface area contributed by atoms with Gasteiger partial charge in [-0.2, -0.15) is 4.98 Å². The Hall–Kier alpha value is -0.510. The lowest BCUT2D eigenvalue weighted by Crippen LogP contribution is -1.96. The van der Waals surface area contributed by atoms with Crippen LogP contribution in [0.1, 0.15) is 19.2 Å². The van der Waals surface area contributed by atoms with Crippen LogP contribution in [0, 0.1) is 0 Å². The fourth-order valence-corrected chi connectivity index (χ4v) is 0.772. The third-order valence-corrected chi connectivity index (χ3v) is 1.15. The molecule has 1 heterocycles. The van der Waals surface area contributed by atoms with Gasteiger partial charge in [0.2, 0.25) is 0 Å². The van der Waals surface area contributed by atoms with Crippen molar-refractivity contribution < 1.29 is 17.1 Å². The molecule has 3 nitrogen and oxygen atoms in total. The van der Waals surface area contributed by atoms with Crippen molar-refractivity contribution in [3.8, 4) is 6.01 Å². The maximum atomic E-state index is 7.56. The summed E-state index contributed by atoms with van der Waals surface area (Å²) in [6, 6.07) is -0.807. The van der Waals surface area contributed by atoms with Crippen molar-refractivity contribution in [3.05, 3.63) is 10.8 Å². The quantitative estimate of drug-likeness (QED) is 0.748. The molecule has 0 aliphatic rings. The average molecular weight is 214 g/mol. The molecule has 0 aromatic carbocycles. The van der Waals surface area contributed by atoms with Gasteiger partial charge in [0.25, 0.3) is 6.01 Å². The van der Waals surface area contributed by atoms with E-state index in [4.69, 9.17) is 12.3 Å². The fraction of sp³-hybridized carbons (Fsp3) is 0.500. The summed E-state index contributed by atoms with van der Waals surface area (Å²) in [7, 11) is -2.94. The minimum atomic E-state index is -3.13. The van der Waals surface area contributed by atoms with Gasteiger partial charge in [0.1, 0.15) is 4.60 Å². The van der Waals surface area contributed by atoms with Crippen molar-refractivity contribution in [1.29, 1.82) is 0 Å². The summed E-state index contributed by atoms with van der Waals surface area (Å²) < 4.78 is 69.3. The smallest absolute Gasteiger partial charge is 0.297 e. The molecule has 0 N–H and O–H groups in total. The number of ether oxygens (including phenoxy) is 1. The maximum absolute atomic E-state index is 7.56. The number of methoxy groups -OCH3 is 1. The van der Waals surface area contributed by atoms with Gasteiger partial charge in [0.15, 0.2) is 0 Å². The first-order valence-electron chi connectivity index (χ1n) is 6.72. The molecular formula is C6H9BrN2O. The minimum Gasteiger partial charge on any atom is -0.468 e. The zero-order chi connectivity index (χ0) is 15.2. The van der Waals surface area contributed by atoms with Crippen LogP contribution in [0.4, 0.5) is 0 Å². The molecule has 0 aliphatic carbocycles. The van der Waals surface area contributed by atoms with Gasteiger partial charge in [-0.25, -0.2) is 0 Å². The van der Waals surface area contributed by atoms with E-state index in [2.05, 4.69) is 25.7 Å². The Morgan fingerprint density at radius 3 is 3.80 bits per heavy atom. The first-order chi connectivity index (χ1) is 8.27. The minimum absolute atomic E-state index is 0.222. The molecule has 0 saturated heterocycles. The van der Waals surface area contributed by atoms with Crippen LogP contribution >= 0.6 is 15.9 Å². The van der Waals surface area contributed by atoms with Crippen molar-refractivity contribution in [3.63, 3.8) is 0 Å². The lowest BCUT2D eigenvalue weighted by molar-refractivity contribution is 0.359. The highest BCUT2D eigenvalue weighted by atomic mass is 79.9. The van der Waals surface area contributed by atoms with Crippen molar-refractivity contribution in [2.75, 3.05) is 7.04 Å². The molecule has 0 unspecified atom stereocenters. The standard InChI is InChI=1S/C6H9BrN2O/c1-3-9-4-5(7)8-6(9)10-2/h4H,3H2,1-2H3/i1D3,2D3,3D2,4D. The van der Waals surface area contributed by atoms with E-state index >= 15 is 0 Å². The molecular weight excluding hydrogens is 196 g/mol. The van der Waals surface area contributed by atoms with Gasteiger partial charge in [0, 0.05) is 19.5 Å². The van der Waals surface area contributed by atoms with Crippen LogP contribution in [0.2, 0.25) is 0 Å². The highest BCUT2D eigenvalue weighted by Gasteiger charge is 2.02. The molecule has 0 fully saturated rings. The number of aromatic nitrogens is 2. The van der Waals surface area contributed by atoms with Gasteiger partial charge in [-0.3, -0.25) is 0 Å². The monoisotopic (exact) mass is 213 g/mol. The highest BCUT2D eigenvalue weighted by Crippen LogP contribution is 2.14. The third-order valence-electron chi connectivity index (χ3n) is 0.792. The molecule has 0 amide bonds. The number of hydrogen-bond acceptors (Lipinski definition) is 2. The normalized spacial score (nSPS) is 27.1. The van der Waals surface area contributed by atoms with E-state index in [1.54, 1.807) is 0 Å². The van der Waals surface area contributed by atoms with Gasteiger partial charge in [-0.15, -0.1) is 0 Å². The van der Waals surface area contributed by atoms with E-state index in [0.717, 1.165) is 0 Å². The predicted molar refractivity (Wildman–Crippen MR) is 42.2 cm³/mol. The molecule has 0 saturated carbocycles. The van der Waals surface area contributed by atoms with Crippen LogP contribution in [-0.4, -0.2) is 16.6 Å². The number of hydrogen-bond donors (Lipinski definition) is 0. The highest BCUT2D eigenvalue weighted by molar-refractivity contribution is 9.10. The van der Waals surface area contributed by atoms with E-state index in [9.17, 15) is 0 Å². The molecule has 1 aromatic rings. The second-order valence-corrected chi connectivity index (χ2v) is 2.10. The van der Waals surface area contributed by atoms with E-state index in [0.29, 0.717) is 0 Å². The molecule has 1 rings (SSSR count). The first kappa shape index (κ1) is 2.00. The molecule has 10 heavy (non-hydrogen) atoms. The molecule has 0 atom stereocenters. The molecule has 1 aromatic heterocycles. The molecule has 4 heteroatoms. The van der Waals surface area contributed by atoms with Crippen molar-refractivity contribution in [2.45, 2.75) is 13.3 Å². The summed E-state index contributed by atoms with van der Waals surface area (Å²) in [6.45, 7) is -6.17. The Kier molecular flexibility index (Phi) is 0.611. The van der Waals surface area contributed by atoms with Crippen LogP contribution in [0.3, 0.4) is 0 Å². The summed E-state index contributed by atoms with van der Waals surface area (Å²) >= 11 is 2.80. The number of nitrogens with zero attached hydrogens (tertiary/aromatic N) is 2. The van der Waals surface area contributed by atoms with Gasteiger partial charge in [0.05, 0.1) is 12.5 Å². The molecule has 0 aliphatic heterocycles. The molecule has 0 spiro atoms. The van der Waals surface area contributed by atoms with Crippen molar-refractivity contribution in [1.82, 2.24) is 9.55 Å². The Bertz CT molecular complexity index is 476. The SMILES string of the molecule is [2H]c1c(Br)nc(OC([2H])([2H])[2H])n1C([2H])([2H])C([2H])([2H])[2H]. The van der Waals surface area contributed by atoms with Gasteiger partial charge >= 0.3 is 0 Å². The van der Waals surface area contributed by atoms with Crippen LogP contribution in [0.5, 0.6) is 6.01 Å². The Morgan fingerprint density at radius 1 is 2.20 bits per heavy atom. The van der Waals surface area contributed by atoms with E-state index in [1.165, 1.54) is 0 Å². The summed E-state index contributed by atoms with van der Waals surface area (Å²) in [5.41, 5.74) is 0. The largest absolute Gasteiger partial charge is 0.468 e. The second-order valence-electron chi connectivity index (χ2n) is 1.35. The van der Waals surface area contributed by atoms with Gasteiger partial charge in [-0.1, -0.05) is 0 Å². The zero-order valence-corrected chi connectivity index (χ0v) is 6.27. The predicted octanol–water partition coefficient (Wildman–Crippen LogP) is 1.67. The maximum Gasteiger partial charge on any atom is 0.297 e. The number of rotatable bonds is 2. The van der Waals surface area contributed by atoms with Crippen molar-refractivity contribution >= 4 is 15.9 Å². The Balaban J connectivity index is 3.42. The second kappa shape index (κ2) is 3.05. The van der Waals surface area contributed by atoms with E-state index in [1.807, 2.05) is 0 Å². The van der Waals surface area contributed by atoms with E-state index in [-0.39, 0.29) is 9.17 Å². The third kappa shape index (κ3) is 1.31. The average Bonchev–Trinajstić information content (AvgIpc) is 2.37. The Morgan fingerprint density at radius 2 is 3.10 bits per heavy atom. The fourth-order valence-electron chi connectivity index (χ4n) is 0.443. The lowest BCUT2D eigenvalue weighted by Gasteiger charge is -1.99. The zero-order valence-electron chi connectivity index (χ0n) is 13.7. The van der Waals surface area contributed by atoms with Crippen LogP contribution in [0.25, 0.3) is 0 Å². The molecule has 0 radical (unpaired) electrons. The number of imidazole rings is 1. The topological polar surface area (TPSA) is 27.1 Å². The summed E-state index contributed by atoms with van der Waals surface area (Å²) in [5.74, 6) is 0. The van der Waals surface area contributed by atoms with Gasteiger partial charge < -0.3 is 9.30 Å².